The van der Waals surface area contributed by atoms with Crippen LogP contribution in [0.5, 0.6) is 0 Å². The second-order valence-electron chi connectivity index (χ2n) is 4.63. The number of halogens is 2. The van der Waals surface area contributed by atoms with Crippen LogP contribution in [0.2, 0.25) is 10.0 Å². The van der Waals surface area contributed by atoms with E-state index < -0.39 is 23.6 Å². The topological polar surface area (TPSA) is 65.0 Å². The third-order valence-electron chi connectivity index (χ3n) is 2.42. The van der Waals surface area contributed by atoms with E-state index in [1.165, 1.54) is 13.8 Å². The van der Waals surface area contributed by atoms with Gasteiger partial charge in [-0.25, -0.2) is 0 Å². The van der Waals surface area contributed by atoms with Gasteiger partial charge in [-0.05, 0) is 18.2 Å². The lowest BCUT2D eigenvalue weighted by molar-refractivity contribution is -0.235. The molecule has 1 saturated heterocycles. The minimum absolute atomic E-state index is 0.402. The van der Waals surface area contributed by atoms with Gasteiger partial charge in [-0.1, -0.05) is 23.2 Å². The first kappa shape index (κ1) is 14.8. The van der Waals surface area contributed by atoms with Crippen LogP contribution in [-0.2, 0) is 19.1 Å². The van der Waals surface area contributed by atoms with Gasteiger partial charge in [-0.3, -0.25) is 14.6 Å². The largest absolute Gasteiger partial charge is 0.422 e. The lowest BCUT2D eigenvalue weighted by Crippen LogP contribution is -2.46. The molecule has 1 aromatic carbocycles. The first-order valence-electron chi connectivity index (χ1n) is 5.73. The van der Waals surface area contributed by atoms with Gasteiger partial charge >= 0.3 is 11.9 Å². The average molecular weight is 316 g/mol. The van der Waals surface area contributed by atoms with Gasteiger partial charge in [0.15, 0.2) is 5.92 Å². The number of nitrogens with zero attached hydrogens (tertiary/aromatic N) is 1. The molecule has 7 heteroatoms. The fourth-order valence-corrected chi connectivity index (χ4v) is 2.14. The second kappa shape index (κ2) is 5.42. The summed E-state index contributed by atoms with van der Waals surface area (Å²) < 4.78 is 9.93. The van der Waals surface area contributed by atoms with Crippen molar-refractivity contribution in [1.29, 1.82) is 0 Å². The third-order valence-corrected chi connectivity index (χ3v) is 2.86. The number of carbonyl (C=O) groups excluding carboxylic acids is 2. The van der Waals surface area contributed by atoms with Crippen molar-refractivity contribution in [2.24, 2.45) is 10.9 Å². The van der Waals surface area contributed by atoms with Gasteiger partial charge in [-0.15, -0.1) is 0 Å². The summed E-state index contributed by atoms with van der Waals surface area (Å²) in [4.78, 5) is 27.4. The van der Waals surface area contributed by atoms with Gasteiger partial charge in [0.2, 0.25) is 0 Å². The maximum absolute atomic E-state index is 11.7. The van der Waals surface area contributed by atoms with Crippen molar-refractivity contribution in [2.45, 2.75) is 19.6 Å². The Hall–Kier alpha value is -1.59. The predicted molar refractivity (Wildman–Crippen MR) is 74.4 cm³/mol. The van der Waals surface area contributed by atoms with Crippen LogP contribution >= 0.6 is 23.2 Å². The fourth-order valence-electron chi connectivity index (χ4n) is 1.62. The third kappa shape index (κ3) is 3.49. The van der Waals surface area contributed by atoms with E-state index in [9.17, 15) is 9.59 Å². The Labute approximate surface area is 125 Å². The zero-order valence-corrected chi connectivity index (χ0v) is 12.2. The number of esters is 2. The molecular formula is C13H11Cl2NO4. The molecule has 2 rings (SSSR count). The maximum Gasteiger partial charge on any atom is 0.329 e. The van der Waals surface area contributed by atoms with Crippen LogP contribution in [0.3, 0.4) is 0 Å². The number of benzene rings is 1. The first-order chi connectivity index (χ1) is 9.27. The lowest BCUT2D eigenvalue weighted by atomic mass is 10.1. The summed E-state index contributed by atoms with van der Waals surface area (Å²) in [5.74, 6) is -3.86. The van der Waals surface area contributed by atoms with Gasteiger partial charge in [0, 0.05) is 30.1 Å². The zero-order chi connectivity index (χ0) is 14.9. The molecule has 0 aliphatic carbocycles. The summed E-state index contributed by atoms with van der Waals surface area (Å²) in [5, 5.41) is 0.805. The predicted octanol–water partition coefficient (Wildman–Crippen LogP) is 3.15. The maximum atomic E-state index is 11.7. The number of rotatable bonds is 2. The quantitative estimate of drug-likeness (QED) is 0.478. The molecule has 0 N–H and O–H groups in total. The van der Waals surface area contributed by atoms with Gasteiger partial charge in [0.1, 0.15) is 0 Å². The first-order valence-corrected chi connectivity index (χ1v) is 6.48. The van der Waals surface area contributed by atoms with E-state index in [4.69, 9.17) is 32.7 Å². The standard InChI is InChI=1S/C13H11Cl2NO4/c1-13(2)19-11(17)10(12(18)20-13)6-16-9-4-7(14)3-8(15)5-9/h3-6,10H,1-2H3. The highest BCUT2D eigenvalue weighted by Crippen LogP contribution is 2.26. The second-order valence-corrected chi connectivity index (χ2v) is 5.50. The van der Waals surface area contributed by atoms with E-state index in [2.05, 4.69) is 4.99 Å². The van der Waals surface area contributed by atoms with Crippen molar-refractivity contribution in [3.8, 4) is 0 Å². The smallest absolute Gasteiger partial charge is 0.329 e. The van der Waals surface area contributed by atoms with Crippen LogP contribution in [0, 0.1) is 5.92 Å². The summed E-state index contributed by atoms with van der Waals surface area (Å²) in [6.07, 6.45) is 1.15. The highest BCUT2D eigenvalue weighted by Gasteiger charge is 2.42. The van der Waals surface area contributed by atoms with E-state index in [-0.39, 0.29) is 0 Å². The van der Waals surface area contributed by atoms with Gasteiger partial charge in [-0.2, -0.15) is 0 Å². The van der Waals surface area contributed by atoms with Crippen LogP contribution < -0.4 is 0 Å². The molecule has 0 amide bonds. The van der Waals surface area contributed by atoms with Gasteiger partial charge < -0.3 is 9.47 Å². The highest BCUT2D eigenvalue weighted by molar-refractivity contribution is 6.35. The lowest BCUT2D eigenvalue weighted by Gasteiger charge is -2.31. The minimum atomic E-state index is -1.25. The fraction of sp³-hybridized carbons (Fsp3) is 0.308. The molecule has 1 heterocycles. The Bertz CT molecular complexity index is 558. The van der Waals surface area contributed by atoms with Crippen LogP contribution in [-0.4, -0.2) is 23.9 Å². The summed E-state index contributed by atoms with van der Waals surface area (Å²) in [5.41, 5.74) is 0.424. The highest BCUT2D eigenvalue weighted by atomic mass is 35.5. The molecule has 106 valence electrons. The van der Waals surface area contributed by atoms with E-state index in [1.54, 1.807) is 18.2 Å². The number of carbonyl (C=O) groups is 2. The molecular weight excluding hydrogens is 305 g/mol. The molecule has 1 aliphatic rings. The Morgan fingerprint density at radius 2 is 1.60 bits per heavy atom. The molecule has 5 nitrogen and oxygen atoms in total. The summed E-state index contributed by atoms with van der Waals surface area (Å²) in [7, 11) is 0. The van der Waals surface area contributed by atoms with Crippen LogP contribution in [0.1, 0.15) is 13.8 Å². The normalized spacial score (nSPS) is 19.0. The number of hydrogen-bond donors (Lipinski definition) is 0. The Kier molecular flexibility index (Phi) is 4.01. The number of cyclic esters (lactones) is 2. The Morgan fingerprint density at radius 3 is 2.10 bits per heavy atom. The summed E-state index contributed by atoms with van der Waals surface area (Å²) >= 11 is 11.6. The van der Waals surface area contributed by atoms with Gasteiger partial charge in [0.05, 0.1) is 5.69 Å². The molecule has 0 atom stereocenters. The molecule has 0 radical (unpaired) electrons. The van der Waals surface area contributed by atoms with E-state index in [0.717, 1.165) is 6.21 Å². The van der Waals surface area contributed by atoms with E-state index in [0.29, 0.717) is 15.7 Å². The monoisotopic (exact) mass is 315 g/mol. The van der Waals surface area contributed by atoms with E-state index >= 15 is 0 Å². The van der Waals surface area contributed by atoms with Crippen molar-refractivity contribution < 1.29 is 19.1 Å². The zero-order valence-electron chi connectivity index (χ0n) is 10.7. The summed E-state index contributed by atoms with van der Waals surface area (Å²) in [6, 6.07) is 4.65. The molecule has 0 aromatic heterocycles. The average Bonchev–Trinajstić information content (AvgIpc) is 2.24. The Balaban J connectivity index is 2.19. The molecule has 1 aromatic rings. The van der Waals surface area contributed by atoms with Crippen molar-refractivity contribution in [1.82, 2.24) is 0 Å². The summed E-state index contributed by atoms with van der Waals surface area (Å²) in [6.45, 7) is 2.96. The molecule has 0 bridgehead atoms. The number of hydrogen-bond acceptors (Lipinski definition) is 5. The van der Waals surface area contributed by atoms with Crippen LogP contribution in [0.15, 0.2) is 23.2 Å². The molecule has 0 saturated carbocycles. The van der Waals surface area contributed by atoms with E-state index in [1.807, 2.05) is 0 Å². The number of aliphatic imine (C=N–C) groups is 1. The minimum Gasteiger partial charge on any atom is -0.422 e. The van der Waals surface area contributed by atoms with Crippen LogP contribution in [0.4, 0.5) is 5.69 Å². The molecule has 20 heavy (non-hydrogen) atoms. The number of ether oxygens (including phenoxy) is 2. The van der Waals surface area contributed by atoms with Crippen molar-refractivity contribution in [3.63, 3.8) is 0 Å². The SMILES string of the molecule is CC1(C)OC(=O)C(C=Nc2cc(Cl)cc(Cl)c2)C(=O)O1. The molecule has 0 unspecified atom stereocenters. The van der Waals surface area contributed by atoms with Crippen molar-refractivity contribution in [3.05, 3.63) is 28.2 Å². The molecule has 0 spiro atoms. The Morgan fingerprint density at radius 1 is 1.10 bits per heavy atom. The molecule has 1 aliphatic heterocycles. The van der Waals surface area contributed by atoms with Crippen molar-refractivity contribution in [2.75, 3.05) is 0 Å². The van der Waals surface area contributed by atoms with Crippen LogP contribution in [0.25, 0.3) is 0 Å². The van der Waals surface area contributed by atoms with Crippen molar-refractivity contribution >= 4 is 47.0 Å². The molecule has 1 fully saturated rings. The van der Waals surface area contributed by atoms with Gasteiger partial charge in [0.25, 0.3) is 5.79 Å².